The van der Waals surface area contributed by atoms with Crippen molar-refractivity contribution in [2.75, 3.05) is 19.8 Å². The second-order valence-corrected chi connectivity index (χ2v) is 8.20. The molecule has 2 aromatic carbocycles. The summed E-state index contributed by atoms with van der Waals surface area (Å²) in [6.07, 6.45) is 0.554. The average molecular weight is 460 g/mol. The Morgan fingerprint density at radius 1 is 1.16 bits per heavy atom. The molecule has 2 aromatic rings. The Hall–Kier alpha value is -3.07. The number of amides is 2. The largest absolute Gasteiger partial charge is 0.490 e. The van der Waals surface area contributed by atoms with Crippen LogP contribution in [-0.4, -0.2) is 46.9 Å². The van der Waals surface area contributed by atoms with Crippen molar-refractivity contribution < 1.29 is 23.5 Å². The SMILES string of the molecule is CCOc1ccc(CCN2C(=O)CC(C(N)=O)SC2=Nc2ccc(F)cc2)cc1OCC. The second kappa shape index (κ2) is 11.0. The molecular weight excluding hydrogens is 433 g/mol. The predicted octanol–water partition coefficient (Wildman–Crippen LogP) is 3.67. The summed E-state index contributed by atoms with van der Waals surface area (Å²) in [4.78, 5) is 30.6. The zero-order chi connectivity index (χ0) is 23.1. The standard InChI is InChI=1S/C23H26FN3O4S/c1-3-30-18-10-5-15(13-19(18)31-4-2)11-12-27-21(28)14-20(22(25)29)32-23(27)26-17-8-6-16(24)7-9-17/h5-10,13,20H,3-4,11-12,14H2,1-2H3,(H2,25,29). The molecule has 2 N–H and O–H groups in total. The highest BCUT2D eigenvalue weighted by Gasteiger charge is 2.34. The van der Waals surface area contributed by atoms with Gasteiger partial charge in [0.15, 0.2) is 16.7 Å². The highest BCUT2D eigenvalue weighted by Crippen LogP contribution is 2.31. The molecule has 0 bridgehead atoms. The highest BCUT2D eigenvalue weighted by atomic mass is 32.2. The van der Waals surface area contributed by atoms with Crippen LogP contribution in [0.15, 0.2) is 47.5 Å². The van der Waals surface area contributed by atoms with E-state index < -0.39 is 11.2 Å². The van der Waals surface area contributed by atoms with Crippen molar-refractivity contribution in [3.63, 3.8) is 0 Å². The summed E-state index contributed by atoms with van der Waals surface area (Å²) in [5.41, 5.74) is 6.89. The molecule has 0 saturated carbocycles. The van der Waals surface area contributed by atoms with E-state index in [4.69, 9.17) is 15.2 Å². The van der Waals surface area contributed by atoms with Gasteiger partial charge in [0.25, 0.3) is 0 Å². The zero-order valence-corrected chi connectivity index (χ0v) is 18.9. The maximum absolute atomic E-state index is 13.2. The van der Waals surface area contributed by atoms with Crippen LogP contribution in [0.5, 0.6) is 11.5 Å². The van der Waals surface area contributed by atoms with Crippen molar-refractivity contribution in [2.24, 2.45) is 10.7 Å². The lowest BCUT2D eigenvalue weighted by Gasteiger charge is -2.31. The first kappa shape index (κ1) is 23.6. The van der Waals surface area contributed by atoms with E-state index in [-0.39, 0.29) is 18.1 Å². The summed E-state index contributed by atoms with van der Waals surface area (Å²) in [7, 11) is 0. The molecule has 1 heterocycles. The third-order valence-corrected chi connectivity index (χ3v) is 5.95. The molecule has 0 aromatic heterocycles. The first-order valence-electron chi connectivity index (χ1n) is 10.4. The Morgan fingerprint density at radius 2 is 1.84 bits per heavy atom. The number of amidine groups is 1. The fourth-order valence-electron chi connectivity index (χ4n) is 3.19. The number of nitrogens with zero attached hydrogens (tertiary/aromatic N) is 2. The molecule has 1 aliphatic heterocycles. The minimum Gasteiger partial charge on any atom is -0.490 e. The van der Waals surface area contributed by atoms with Gasteiger partial charge in [0.2, 0.25) is 11.8 Å². The summed E-state index contributed by atoms with van der Waals surface area (Å²) in [5.74, 6) is 0.145. The molecule has 0 spiro atoms. The molecule has 1 saturated heterocycles. The molecule has 1 atom stereocenters. The smallest absolute Gasteiger partial charge is 0.231 e. The molecule has 3 rings (SSSR count). The molecule has 1 unspecified atom stereocenters. The summed E-state index contributed by atoms with van der Waals surface area (Å²) >= 11 is 1.15. The normalized spacial score (nSPS) is 17.5. The number of carbonyl (C=O) groups is 2. The van der Waals surface area contributed by atoms with E-state index in [2.05, 4.69) is 4.99 Å². The summed E-state index contributed by atoms with van der Waals surface area (Å²) in [5, 5.41) is -0.319. The Balaban J connectivity index is 1.82. The third kappa shape index (κ3) is 6.00. The van der Waals surface area contributed by atoms with Gasteiger partial charge >= 0.3 is 0 Å². The van der Waals surface area contributed by atoms with E-state index in [0.717, 1.165) is 17.3 Å². The maximum Gasteiger partial charge on any atom is 0.231 e. The van der Waals surface area contributed by atoms with Crippen molar-refractivity contribution >= 4 is 34.4 Å². The lowest BCUT2D eigenvalue weighted by molar-refractivity contribution is -0.129. The predicted molar refractivity (Wildman–Crippen MR) is 123 cm³/mol. The quantitative estimate of drug-likeness (QED) is 0.617. The molecule has 2 amide bonds. The molecule has 170 valence electrons. The Kier molecular flexibility index (Phi) is 8.10. The van der Waals surface area contributed by atoms with Crippen LogP contribution in [0.3, 0.4) is 0 Å². The fraction of sp³-hybridized carbons (Fsp3) is 0.348. The first-order valence-corrected chi connectivity index (χ1v) is 11.3. The van der Waals surface area contributed by atoms with Crippen molar-refractivity contribution in [3.05, 3.63) is 53.8 Å². The molecule has 1 aliphatic rings. The topological polar surface area (TPSA) is 94.2 Å². The van der Waals surface area contributed by atoms with Crippen LogP contribution >= 0.6 is 11.8 Å². The van der Waals surface area contributed by atoms with Crippen LogP contribution < -0.4 is 15.2 Å². The minimum absolute atomic E-state index is 0.00983. The van der Waals surface area contributed by atoms with Gasteiger partial charge in [-0.05, 0) is 62.2 Å². The van der Waals surface area contributed by atoms with E-state index in [9.17, 15) is 14.0 Å². The van der Waals surface area contributed by atoms with Crippen LogP contribution in [-0.2, 0) is 16.0 Å². The fourth-order valence-corrected chi connectivity index (χ4v) is 4.27. The van der Waals surface area contributed by atoms with Gasteiger partial charge < -0.3 is 15.2 Å². The number of nitrogens with two attached hydrogens (primary N) is 1. The van der Waals surface area contributed by atoms with Crippen molar-refractivity contribution in [3.8, 4) is 11.5 Å². The average Bonchev–Trinajstić information content (AvgIpc) is 2.76. The molecule has 1 fully saturated rings. The van der Waals surface area contributed by atoms with Crippen molar-refractivity contribution in [2.45, 2.75) is 31.9 Å². The number of ether oxygens (including phenoxy) is 2. The monoisotopic (exact) mass is 459 g/mol. The molecule has 9 heteroatoms. The molecular formula is C23H26FN3O4S. The van der Waals surface area contributed by atoms with Crippen LogP contribution in [0.4, 0.5) is 10.1 Å². The summed E-state index contributed by atoms with van der Waals surface area (Å²) in [6.45, 7) is 5.21. The minimum atomic E-state index is -0.687. The number of halogens is 1. The van der Waals surface area contributed by atoms with Crippen LogP contribution in [0.25, 0.3) is 0 Å². The van der Waals surface area contributed by atoms with Gasteiger partial charge in [-0.25, -0.2) is 9.38 Å². The van der Waals surface area contributed by atoms with Crippen molar-refractivity contribution in [1.82, 2.24) is 4.90 Å². The van der Waals surface area contributed by atoms with Gasteiger partial charge in [0.05, 0.1) is 24.2 Å². The number of carbonyl (C=O) groups excluding carboxylic acids is 2. The number of rotatable bonds is 9. The number of hydrogen-bond acceptors (Lipinski definition) is 6. The number of thioether (sulfide) groups is 1. The van der Waals surface area contributed by atoms with Gasteiger partial charge in [-0.2, -0.15) is 0 Å². The van der Waals surface area contributed by atoms with E-state index in [1.807, 2.05) is 32.0 Å². The molecule has 0 radical (unpaired) electrons. The molecule has 7 nitrogen and oxygen atoms in total. The van der Waals surface area contributed by atoms with Gasteiger partial charge in [-0.1, -0.05) is 17.8 Å². The lowest BCUT2D eigenvalue weighted by atomic mass is 10.1. The van der Waals surface area contributed by atoms with Crippen molar-refractivity contribution in [1.29, 1.82) is 0 Å². The Morgan fingerprint density at radius 3 is 2.50 bits per heavy atom. The zero-order valence-electron chi connectivity index (χ0n) is 18.0. The van der Waals surface area contributed by atoms with Gasteiger partial charge in [0.1, 0.15) is 5.82 Å². The third-order valence-electron chi connectivity index (χ3n) is 4.74. The second-order valence-electron chi connectivity index (χ2n) is 7.03. The van der Waals surface area contributed by atoms with E-state index >= 15 is 0 Å². The summed E-state index contributed by atoms with van der Waals surface area (Å²) < 4.78 is 24.5. The van der Waals surface area contributed by atoms with Crippen LogP contribution in [0.2, 0.25) is 0 Å². The van der Waals surface area contributed by atoms with Gasteiger partial charge in [0, 0.05) is 13.0 Å². The van der Waals surface area contributed by atoms with Gasteiger partial charge in [-0.15, -0.1) is 0 Å². The molecule has 32 heavy (non-hydrogen) atoms. The molecule has 0 aliphatic carbocycles. The van der Waals surface area contributed by atoms with Crippen LogP contribution in [0, 0.1) is 5.82 Å². The summed E-state index contributed by atoms with van der Waals surface area (Å²) in [6, 6.07) is 11.3. The Bertz CT molecular complexity index is 997. The van der Waals surface area contributed by atoms with E-state index in [0.29, 0.717) is 48.5 Å². The number of aliphatic imine (C=N–C) groups is 1. The maximum atomic E-state index is 13.2. The number of benzene rings is 2. The van der Waals surface area contributed by atoms with Crippen LogP contribution in [0.1, 0.15) is 25.8 Å². The Labute approximate surface area is 190 Å². The highest BCUT2D eigenvalue weighted by molar-refractivity contribution is 8.15. The number of primary amides is 1. The van der Waals surface area contributed by atoms with Gasteiger partial charge in [-0.3, -0.25) is 14.5 Å². The lowest BCUT2D eigenvalue weighted by Crippen LogP contribution is -2.46. The number of hydrogen-bond donors (Lipinski definition) is 1. The van der Waals surface area contributed by atoms with E-state index in [1.54, 1.807) is 4.90 Å². The first-order chi connectivity index (χ1) is 15.4. The van der Waals surface area contributed by atoms with E-state index in [1.165, 1.54) is 24.3 Å².